The van der Waals surface area contributed by atoms with Crippen LogP contribution in [0.2, 0.25) is 5.02 Å². The van der Waals surface area contributed by atoms with E-state index in [-0.39, 0.29) is 5.78 Å². The van der Waals surface area contributed by atoms with Crippen molar-refractivity contribution < 1.29 is 4.79 Å². The van der Waals surface area contributed by atoms with Gasteiger partial charge < -0.3 is 0 Å². The van der Waals surface area contributed by atoms with Crippen molar-refractivity contribution in [1.82, 2.24) is 9.78 Å². The van der Waals surface area contributed by atoms with E-state index in [1.807, 2.05) is 26.2 Å². The molecule has 0 bridgehead atoms. The molecule has 4 heteroatoms. The molecule has 0 unspecified atom stereocenters. The maximum absolute atomic E-state index is 12.1. The van der Waals surface area contributed by atoms with Crippen LogP contribution in [0.5, 0.6) is 0 Å². The van der Waals surface area contributed by atoms with Gasteiger partial charge in [-0.2, -0.15) is 5.10 Å². The van der Waals surface area contributed by atoms with E-state index in [1.165, 1.54) is 0 Å². The number of benzene rings is 1. The van der Waals surface area contributed by atoms with Gasteiger partial charge in [0.2, 0.25) is 0 Å². The highest BCUT2D eigenvalue weighted by molar-refractivity contribution is 6.30. The second-order valence-electron chi connectivity index (χ2n) is 4.40. The summed E-state index contributed by atoms with van der Waals surface area (Å²) >= 11 is 5.88. The van der Waals surface area contributed by atoms with Gasteiger partial charge in [0.1, 0.15) is 0 Å². The first-order valence-corrected chi connectivity index (χ1v) is 6.21. The fourth-order valence-electron chi connectivity index (χ4n) is 1.93. The number of halogens is 1. The molecule has 94 valence electrons. The Morgan fingerprint density at radius 3 is 2.83 bits per heavy atom. The molecular weight excluding hydrogens is 248 g/mol. The number of hydrogen-bond acceptors (Lipinski definition) is 2. The summed E-state index contributed by atoms with van der Waals surface area (Å²) in [6.45, 7) is 1.91. The lowest BCUT2D eigenvalue weighted by Crippen LogP contribution is -2.03. The van der Waals surface area contributed by atoms with Crippen molar-refractivity contribution in [1.29, 1.82) is 0 Å². The Balaban J connectivity index is 2.03. The maximum atomic E-state index is 12.1. The molecule has 0 amide bonds. The lowest BCUT2D eigenvalue weighted by molar-refractivity contribution is 0.0982. The molecule has 0 saturated carbocycles. The minimum absolute atomic E-state index is 0.146. The zero-order chi connectivity index (χ0) is 13.1. The van der Waals surface area contributed by atoms with Gasteiger partial charge in [-0.05, 0) is 42.7 Å². The van der Waals surface area contributed by atoms with Crippen molar-refractivity contribution in [2.75, 3.05) is 0 Å². The minimum Gasteiger partial charge on any atom is -0.294 e. The summed E-state index contributed by atoms with van der Waals surface area (Å²) < 4.78 is 1.74. The van der Waals surface area contributed by atoms with E-state index in [4.69, 9.17) is 11.6 Å². The van der Waals surface area contributed by atoms with Crippen LogP contribution >= 0.6 is 11.6 Å². The molecule has 1 aromatic carbocycles. The molecule has 1 aromatic heterocycles. The first kappa shape index (κ1) is 12.8. The van der Waals surface area contributed by atoms with Crippen molar-refractivity contribution in [2.45, 2.75) is 19.8 Å². The van der Waals surface area contributed by atoms with Crippen molar-refractivity contribution in [3.8, 4) is 0 Å². The first-order chi connectivity index (χ1) is 8.56. The van der Waals surface area contributed by atoms with E-state index < -0.39 is 0 Å². The number of rotatable bonds is 4. The summed E-state index contributed by atoms with van der Waals surface area (Å²) in [6, 6.07) is 5.37. The molecular formula is C14H15ClN2O. The molecule has 0 saturated heterocycles. The van der Waals surface area contributed by atoms with Gasteiger partial charge in [-0.1, -0.05) is 11.6 Å². The molecule has 3 nitrogen and oxygen atoms in total. The summed E-state index contributed by atoms with van der Waals surface area (Å²) in [5, 5.41) is 4.75. The predicted molar refractivity (Wildman–Crippen MR) is 72.0 cm³/mol. The number of ketones is 1. The molecule has 0 aliphatic rings. The molecule has 0 fully saturated rings. The highest BCUT2D eigenvalue weighted by Crippen LogP contribution is 2.17. The van der Waals surface area contributed by atoms with Crippen LogP contribution in [0, 0.1) is 6.92 Å². The summed E-state index contributed by atoms with van der Waals surface area (Å²) in [7, 11) is 1.87. The quantitative estimate of drug-likeness (QED) is 0.793. The molecule has 18 heavy (non-hydrogen) atoms. The lowest BCUT2D eigenvalue weighted by Gasteiger charge is -2.04. The lowest BCUT2D eigenvalue weighted by atomic mass is 10.0. The van der Waals surface area contributed by atoms with E-state index in [0.29, 0.717) is 11.4 Å². The van der Waals surface area contributed by atoms with E-state index in [2.05, 4.69) is 5.10 Å². The van der Waals surface area contributed by atoms with Gasteiger partial charge in [0, 0.05) is 30.3 Å². The topological polar surface area (TPSA) is 34.9 Å². The average Bonchev–Trinajstić information content (AvgIpc) is 2.72. The summed E-state index contributed by atoms with van der Waals surface area (Å²) in [5.74, 6) is 0.146. The van der Waals surface area contributed by atoms with Crippen LogP contribution in [0.25, 0.3) is 0 Å². The number of nitrogens with zero attached hydrogens (tertiary/aromatic N) is 2. The van der Waals surface area contributed by atoms with Crippen molar-refractivity contribution >= 4 is 17.4 Å². The first-order valence-electron chi connectivity index (χ1n) is 5.83. The fraction of sp³-hybridized carbons (Fsp3) is 0.286. The van der Waals surface area contributed by atoms with Crippen LogP contribution in [-0.4, -0.2) is 15.6 Å². The second-order valence-corrected chi connectivity index (χ2v) is 4.84. The molecule has 1 heterocycles. The van der Waals surface area contributed by atoms with Crippen LogP contribution in [0.3, 0.4) is 0 Å². The fourth-order valence-corrected chi connectivity index (χ4v) is 2.16. The van der Waals surface area contributed by atoms with Gasteiger partial charge >= 0.3 is 0 Å². The van der Waals surface area contributed by atoms with Gasteiger partial charge in [0.05, 0.1) is 6.20 Å². The molecule has 0 atom stereocenters. The Morgan fingerprint density at radius 2 is 2.22 bits per heavy atom. The number of hydrogen-bond donors (Lipinski definition) is 0. The van der Waals surface area contributed by atoms with Crippen molar-refractivity contribution in [3.63, 3.8) is 0 Å². The molecule has 2 aromatic rings. The third kappa shape index (κ3) is 2.99. The van der Waals surface area contributed by atoms with Crippen LogP contribution in [0.4, 0.5) is 0 Å². The molecule has 0 spiro atoms. The predicted octanol–water partition coefficient (Wildman–Crippen LogP) is 3.20. The zero-order valence-electron chi connectivity index (χ0n) is 10.5. The van der Waals surface area contributed by atoms with Crippen LogP contribution in [0.1, 0.15) is 27.9 Å². The average molecular weight is 263 g/mol. The Morgan fingerprint density at radius 1 is 1.44 bits per heavy atom. The third-order valence-corrected chi connectivity index (χ3v) is 3.12. The normalized spacial score (nSPS) is 10.6. The Hall–Kier alpha value is -1.61. The monoisotopic (exact) mass is 262 g/mol. The van der Waals surface area contributed by atoms with Crippen LogP contribution < -0.4 is 0 Å². The van der Waals surface area contributed by atoms with E-state index in [0.717, 1.165) is 23.1 Å². The molecule has 0 N–H and O–H groups in total. The van der Waals surface area contributed by atoms with E-state index >= 15 is 0 Å². The molecule has 0 radical (unpaired) electrons. The minimum atomic E-state index is 0.146. The van der Waals surface area contributed by atoms with Gasteiger partial charge in [-0.25, -0.2) is 0 Å². The van der Waals surface area contributed by atoms with Crippen molar-refractivity contribution in [2.24, 2.45) is 7.05 Å². The standard InChI is InChI=1S/C14H15ClN2O/c1-10-7-12(15)4-5-13(10)14(18)6-3-11-8-16-17(2)9-11/h4-5,7-9H,3,6H2,1-2H3. The number of carbonyl (C=O) groups is 1. The van der Waals surface area contributed by atoms with Gasteiger partial charge in [-0.3, -0.25) is 9.48 Å². The Kier molecular flexibility index (Phi) is 3.82. The number of aromatic nitrogens is 2. The zero-order valence-corrected chi connectivity index (χ0v) is 11.2. The maximum Gasteiger partial charge on any atom is 0.163 e. The molecule has 2 rings (SSSR count). The summed E-state index contributed by atoms with van der Waals surface area (Å²) in [5.41, 5.74) is 2.76. The third-order valence-electron chi connectivity index (χ3n) is 2.89. The highest BCUT2D eigenvalue weighted by Gasteiger charge is 2.10. The largest absolute Gasteiger partial charge is 0.294 e. The van der Waals surface area contributed by atoms with Crippen molar-refractivity contribution in [3.05, 3.63) is 52.3 Å². The summed E-state index contributed by atoms with van der Waals surface area (Å²) in [6.07, 6.45) is 4.94. The molecule has 0 aliphatic carbocycles. The van der Waals surface area contributed by atoms with Gasteiger partial charge in [0.25, 0.3) is 0 Å². The SMILES string of the molecule is Cc1cc(Cl)ccc1C(=O)CCc1cnn(C)c1. The number of Topliss-reactive ketones (excluding diaryl/α,β-unsaturated/α-hetero) is 1. The smallest absolute Gasteiger partial charge is 0.163 e. The van der Waals surface area contributed by atoms with E-state index in [1.54, 1.807) is 23.0 Å². The Labute approximate surface area is 111 Å². The number of carbonyl (C=O) groups excluding carboxylic acids is 1. The van der Waals surface area contributed by atoms with Gasteiger partial charge in [-0.15, -0.1) is 0 Å². The van der Waals surface area contributed by atoms with Gasteiger partial charge in [0.15, 0.2) is 5.78 Å². The highest BCUT2D eigenvalue weighted by atomic mass is 35.5. The number of aryl methyl sites for hydroxylation is 3. The van der Waals surface area contributed by atoms with E-state index in [9.17, 15) is 4.79 Å². The summed E-state index contributed by atoms with van der Waals surface area (Å²) in [4.78, 5) is 12.1. The Bertz CT molecular complexity index is 575. The van der Waals surface area contributed by atoms with Crippen LogP contribution in [-0.2, 0) is 13.5 Å². The second kappa shape index (κ2) is 5.36. The molecule has 0 aliphatic heterocycles. The van der Waals surface area contributed by atoms with Crippen LogP contribution in [0.15, 0.2) is 30.6 Å².